The van der Waals surface area contributed by atoms with E-state index >= 15 is 0 Å². The van der Waals surface area contributed by atoms with Gasteiger partial charge in [0.15, 0.2) is 11.6 Å². The van der Waals surface area contributed by atoms with E-state index in [2.05, 4.69) is 6.58 Å². The van der Waals surface area contributed by atoms with E-state index in [1.165, 1.54) is 0 Å². The molecule has 5 heteroatoms. The second-order valence-corrected chi connectivity index (χ2v) is 3.29. The Morgan fingerprint density at radius 3 is 2.62 bits per heavy atom. The zero-order valence-corrected chi connectivity index (χ0v) is 8.59. The number of carboxylic acid groups (broad SMARTS) is 1. The summed E-state index contributed by atoms with van der Waals surface area (Å²) in [7, 11) is 0. The molecule has 0 unspecified atom stereocenters. The molecule has 0 aromatic heterocycles. The number of rotatable bonds is 4. The first kappa shape index (κ1) is 12.2. The fraction of sp³-hybridized carbons (Fsp3) is 0.182. The van der Waals surface area contributed by atoms with Crippen molar-refractivity contribution in [3.05, 3.63) is 41.5 Å². The lowest BCUT2D eigenvalue weighted by atomic mass is 10.2. The average molecular weight is 228 g/mol. The van der Waals surface area contributed by atoms with Gasteiger partial charge in [-0.3, -0.25) is 0 Å². The summed E-state index contributed by atoms with van der Waals surface area (Å²) in [5, 5.41) is 8.73. The molecule has 0 saturated heterocycles. The lowest BCUT2D eigenvalue weighted by Gasteiger charge is -2.09. The number of benzene rings is 1. The molecule has 0 radical (unpaired) electrons. The standard InChI is InChI=1S/C11H10F2O3/c1-6(2)5-16-8-4-3-7(12)10(13)9(8)11(14)15/h3-4H,1,5H2,2H3,(H,14,15). The van der Waals surface area contributed by atoms with E-state index in [0.717, 1.165) is 12.1 Å². The van der Waals surface area contributed by atoms with Crippen LogP contribution in [0.4, 0.5) is 8.78 Å². The molecule has 0 aliphatic carbocycles. The van der Waals surface area contributed by atoms with E-state index in [1.807, 2.05) is 0 Å². The van der Waals surface area contributed by atoms with Crippen LogP contribution in [0, 0.1) is 11.6 Å². The molecule has 0 spiro atoms. The maximum absolute atomic E-state index is 13.2. The Hall–Kier alpha value is -1.91. The second-order valence-electron chi connectivity index (χ2n) is 3.29. The van der Waals surface area contributed by atoms with Gasteiger partial charge >= 0.3 is 5.97 Å². The van der Waals surface area contributed by atoms with Crippen molar-refractivity contribution in [3.63, 3.8) is 0 Å². The van der Waals surface area contributed by atoms with Crippen molar-refractivity contribution in [1.29, 1.82) is 0 Å². The fourth-order valence-electron chi connectivity index (χ4n) is 1.05. The third kappa shape index (κ3) is 2.56. The molecule has 0 amide bonds. The number of ether oxygens (including phenoxy) is 1. The minimum atomic E-state index is -1.58. The van der Waals surface area contributed by atoms with Crippen LogP contribution in [0.1, 0.15) is 17.3 Å². The van der Waals surface area contributed by atoms with E-state index in [1.54, 1.807) is 6.92 Å². The highest BCUT2D eigenvalue weighted by molar-refractivity contribution is 5.91. The molecule has 0 fully saturated rings. The molecule has 0 aliphatic rings. The molecule has 0 atom stereocenters. The van der Waals surface area contributed by atoms with Crippen molar-refractivity contribution in [2.24, 2.45) is 0 Å². The Kier molecular flexibility index (Phi) is 3.60. The van der Waals surface area contributed by atoms with E-state index < -0.39 is 23.2 Å². The smallest absolute Gasteiger partial charge is 0.342 e. The molecule has 16 heavy (non-hydrogen) atoms. The zero-order chi connectivity index (χ0) is 12.3. The molecule has 86 valence electrons. The molecule has 1 rings (SSSR count). The van der Waals surface area contributed by atoms with Crippen molar-refractivity contribution in [3.8, 4) is 5.75 Å². The van der Waals surface area contributed by atoms with Gasteiger partial charge in [-0.25, -0.2) is 13.6 Å². The summed E-state index contributed by atoms with van der Waals surface area (Å²) >= 11 is 0. The van der Waals surface area contributed by atoms with Crippen molar-refractivity contribution >= 4 is 5.97 Å². The lowest BCUT2D eigenvalue weighted by Crippen LogP contribution is -2.08. The summed E-state index contributed by atoms with van der Waals surface area (Å²) < 4.78 is 31.0. The maximum atomic E-state index is 13.2. The van der Waals surface area contributed by atoms with E-state index in [-0.39, 0.29) is 12.4 Å². The Morgan fingerprint density at radius 1 is 1.50 bits per heavy atom. The van der Waals surface area contributed by atoms with E-state index in [9.17, 15) is 13.6 Å². The number of hydrogen-bond donors (Lipinski definition) is 1. The zero-order valence-electron chi connectivity index (χ0n) is 8.59. The van der Waals surface area contributed by atoms with Gasteiger partial charge in [0.1, 0.15) is 17.9 Å². The number of aromatic carboxylic acids is 1. The van der Waals surface area contributed by atoms with Crippen LogP contribution in [0.2, 0.25) is 0 Å². The molecule has 0 heterocycles. The third-order valence-corrected chi connectivity index (χ3v) is 1.74. The molecule has 1 aromatic carbocycles. The van der Waals surface area contributed by atoms with Crippen molar-refractivity contribution in [2.45, 2.75) is 6.92 Å². The highest BCUT2D eigenvalue weighted by Gasteiger charge is 2.20. The van der Waals surface area contributed by atoms with Crippen molar-refractivity contribution in [1.82, 2.24) is 0 Å². The summed E-state index contributed by atoms with van der Waals surface area (Å²) in [5.41, 5.74) is -0.165. The normalized spacial score (nSPS) is 9.94. The lowest BCUT2D eigenvalue weighted by molar-refractivity contribution is 0.0686. The van der Waals surface area contributed by atoms with Crippen LogP contribution in [0.15, 0.2) is 24.3 Å². The summed E-state index contributed by atoms with van der Waals surface area (Å²) in [6.45, 7) is 5.26. The molecular weight excluding hydrogens is 218 g/mol. The van der Waals surface area contributed by atoms with Gasteiger partial charge in [-0.05, 0) is 24.6 Å². The Morgan fingerprint density at radius 2 is 2.12 bits per heavy atom. The molecular formula is C11H10F2O3. The Bertz CT molecular complexity index is 441. The number of carbonyl (C=O) groups is 1. The van der Waals surface area contributed by atoms with Crippen LogP contribution >= 0.6 is 0 Å². The van der Waals surface area contributed by atoms with Gasteiger partial charge in [0.2, 0.25) is 0 Å². The highest BCUT2D eigenvalue weighted by atomic mass is 19.2. The molecule has 3 nitrogen and oxygen atoms in total. The molecule has 0 bridgehead atoms. The summed E-state index contributed by atoms with van der Waals surface area (Å²) in [5.74, 6) is -4.44. The van der Waals surface area contributed by atoms with Gasteiger partial charge in [-0.15, -0.1) is 0 Å². The van der Waals surface area contributed by atoms with Gasteiger partial charge in [0.05, 0.1) is 0 Å². The van der Waals surface area contributed by atoms with Crippen molar-refractivity contribution < 1.29 is 23.4 Å². The minimum absolute atomic E-state index is 0.0470. The predicted octanol–water partition coefficient (Wildman–Crippen LogP) is 2.62. The Labute approximate surface area is 91.0 Å². The maximum Gasteiger partial charge on any atom is 0.342 e. The first-order valence-electron chi connectivity index (χ1n) is 4.42. The monoisotopic (exact) mass is 228 g/mol. The first-order valence-corrected chi connectivity index (χ1v) is 4.42. The summed E-state index contributed by atoms with van der Waals surface area (Å²) in [4.78, 5) is 10.7. The van der Waals surface area contributed by atoms with Crippen LogP contribution in [-0.2, 0) is 0 Å². The second kappa shape index (κ2) is 4.74. The van der Waals surface area contributed by atoms with Crippen LogP contribution in [0.5, 0.6) is 5.75 Å². The highest BCUT2D eigenvalue weighted by Crippen LogP contribution is 2.24. The largest absolute Gasteiger partial charge is 0.488 e. The first-order chi connectivity index (χ1) is 7.43. The SMILES string of the molecule is C=C(C)COc1ccc(F)c(F)c1C(=O)O. The van der Waals surface area contributed by atoms with E-state index in [4.69, 9.17) is 9.84 Å². The van der Waals surface area contributed by atoms with Gasteiger partial charge in [-0.2, -0.15) is 0 Å². The topological polar surface area (TPSA) is 46.5 Å². The van der Waals surface area contributed by atoms with E-state index in [0.29, 0.717) is 5.57 Å². The quantitative estimate of drug-likeness (QED) is 0.806. The molecule has 0 aliphatic heterocycles. The Balaban J connectivity index is 3.13. The predicted molar refractivity (Wildman–Crippen MR) is 53.6 cm³/mol. The van der Waals surface area contributed by atoms with Crippen LogP contribution in [-0.4, -0.2) is 17.7 Å². The minimum Gasteiger partial charge on any atom is -0.488 e. The molecule has 1 N–H and O–H groups in total. The average Bonchev–Trinajstić information content (AvgIpc) is 2.19. The van der Waals surface area contributed by atoms with Gasteiger partial charge in [0.25, 0.3) is 0 Å². The van der Waals surface area contributed by atoms with Crippen molar-refractivity contribution in [2.75, 3.05) is 6.61 Å². The van der Waals surface area contributed by atoms with Crippen LogP contribution in [0.25, 0.3) is 0 Å². The van der Waals surface area contributed by atoms with Gasteiger partial charge in [0, 0.05) is 0 Å². The summed E-state index contributed by atoms with van der Waals surface area (Å²) in [6.07, 6.45) is 0. The van der Waals surface area contributed by atoms with Gasteiger partial charge in [-0.1, -0.05) is 6.58 Å². The van der Waals surface area contributed by atoms with Crippen LogP contribution in [0.3, 0.4) is 0 Å². The third-order valence-electron chi connectivity index (χ3n) is 1.74. The molecule has 1 aromatic rings. The number of hydrogen-bond acceptors (Lipinski definition) is 2. The number of carboxylic acids is 1. The summed E-state index contributed by atoms with van der Waals surface area (Å²) in [6, 6.07) is 1.89. The molecule has 0 saturated carbocycles. The fourth-order valence-corrected chi connectivity index (χ4v) is 1.05. The number of halogens is 2. The van der Waals surface area contributed by atoms with Gasteiger partial charge < -0.3 is 9.84 Å². The van der Waals surface area contributed by atoms with Crippen LogP contribution < -0.4 is 4.74 Å².